The van der Waals surface area contributed by atoms with Crippen molar-refractivity contribution in [2.75, 3.05) is 21.1 Å². The van der Waals surface area contributed by atoms with E-state index in [9.17, 15) is 0 Å². The Kier molecular flexibility index (Phi) is 18.8. The molecule has 8 N–H and O–H groups in total. The number of benzene rings is 6. The molecule has 6 aliphatic heterocycles. The molecule has 0 amide bonds. The van der Waals surface area contributed by atoms with Gasteiger partial charge in [0.05, 0.1) is 36.4 Å². The van der Waals surface area contributed by atoms with Crippen LogP contribution in [0.4, 0.5) is 17.1 Å². The van der Waals surface area contributed by atoms with Crippen molar-refractivity contribution in [1.82, 2.24) is 15.2 Å². The van der Waals surface area contributed by atoms with E-state index in [-0.39, 0.29) is 33.0 Å². The molecule has 6 spiro atoms. The van der Waals surface area contributed by atoms with Crippen molar-refractivity contribution in [2.24, 2.45) is 66.2 Å². The van der Waals surface area contributed by atoms with E-state index in [4.69, 9.17) is 90.7 Å². The minimum absolute atomic E-state index is 0.230. The molecule has 3 saturated carbocycles. The van der Waals surface area contributed by atoms with Gasteiger partial charge < -0.3 is 41.5 Å². The zero-order valence-corrected chi connectivity index (χ0v) is 61.0. The first-order valence-electron chi connectivity index (χ1n) is 34.4. The lowest BCUT2D eigenvalue weighted by Crippen LogP contribution is -2.47. The molecule has 0 radical (unpaired) electrons. The molecule has 100 heavy (non-hydrogen) atoms. The molecule has 3 fully saturated rings. The number of nitrogens with two attached hydrogens (primary N) is 3. The lowest BCUT2D eigenvalue weighted by Gasteiger charge is -2.44. The summed E-state index contributed by atoms with van der Waals surface area (Å²) in [6, 6.07) is 39.9. The van der Waals surface area contributed by atoms with E-state index in [0.717, 1.165) is 112 Å². The molecule has 6 aromatic rings. The van der Waals surface area contributed by atoms with Crippen LogP contribution in [0.25, 0.3) is 36.8 Å². The van der Waals surface area contributed by atoms with Crippen LogP contribution >= 0.6 is 15.9 Å². The van der Waals surface area contributed by atoms with E-state index >= 15 is 0 Å². The fraction of sp³-hybridized carbons (Fsp3) is 0.462. The first-order chi connectivity index (χ1) is 47.1. The van der Waals surface area contributed by atoms with E-state index in [2.05, 4.69) is 117 Å². The maximum atomic E-state index is 8.70. The number of rotatable bonds is 3. The highest BCUT2D eigenvalue weighted by atomic mass is 79.9. The first kappa shape index (κ1) is 71.2. The number of nitrogens with zero attached hydrogens (tertiary/aromatic N) is 9. The van der Waals surface area contributed by atoms with Crippen LogP contribution in [0, 0.1) is 53.7 Å². The molecule has 15 rings (SSSR count). The summed E-state index contributed by atoms with van der Waals surface area (Å²) < 4.78 is 21.1. The predicted octanol–water partition coefficient (Wildman–Crippen LogP) is 15.3. The van der Waals surface area contributed by atoms with Crippen LogP contribution in [-0.2, 0) is 31.7 Å². The summed E-state index contributed by atoms with van der Waals surface area (Å²) >= 11 is 3.56. The van der Waals surface area contributed by atoms with Gasteiger partial charge in [0.15, 0.2) is 17.1 Å². The first-order valence-corrected chi connectivity index (χ1v) is 35.2. The Morgan fingerprint density at radius 1 is 0.460 bits per heavy atom. The van der Waals surface area contributed by atoms with Crippen molar-refractivity contribution < 1.29 is 38.8 Å². The monoisotopic (exact) mass is 1410 g/mol. The van der Waals surface area contributed by atoms with Gasteiger partial charge in [-0.3, -0.25) is 0 Å². The van der Waals surface area contributed by atoms with Crippen molar-refractivity contribution in [1.29, 1.82) is 0 Å². The normalized spacial score (nSPS) is 28.1. The second-order valence-electron chi connectivity index (χ2n) is 31.8. The fourth-order valence-corrected chi connectivity index (χ4v) is 16.6. The van der Waals surface area contributed by atoms with E-state index in [1.165, 1.54) is 12.5 Å². The Morgan fingerprint density at radius 2 is 0.780 bits per heavy atom. The van der Waals surface area contributed by atoms with Crippen LogP contribution in [-0.4, -0.2) is 88.2 Å². The van der Waals surface area contributed by atoms with E-state index in [1.54, 1.807) is 54.5 Å². The zero-order valence-electron chi connectivity index (χ0n) is 59.4. The van der Waals surface area contributed by atoms with Crippen molar-refractivity contribution in [3.05, 3.63) is 183 Å². The van der Waals surface area contributed by atoms with Crippen LogP contribution < -0.4 is 36.9 Å². The predicted molar refractivity (Wildman–Crippen MR) is 394 cm³/mol. The van der Waals surface area contributed by atoms with Gasteiger partial charge in [-0.1, -0.05) is 151 Å². The molecule has 5 unspecified atom stereocenters. The highest BCUT2D eigenvalue weighted by Gasteiger charge is 2.61. The molecule has 3 aliphatic carbocycles. The van der Waals surface area contributed by atoms with Gasteiger partial charge in [-0.05, 0) is 174 Å². The van der Waals surface area contributed by atoms with Gasteiger partial charge in [0.1, 0.15) is 34.1 Å². The van der Waals surface area contributed by atoms with E-state index in [1.807, 2.05) is 78.9 Å². The topological polar surface area (TPSA) is 234 Å². The second kappa shape index (κ2) is 26.4. The summed E-state index contributed by atoms with van der Waals surface area (Å²) in [6.45, 7) is 42.1. The van der Waals surface area contributed by atoms with Crippen LogP contribution in [0.15, 0.2) is 147 Å². The molecule has 0 bridgehead atoms. The molecule has 522 valence electrons. The number of halogens is 1. The van der Waals surface area contributed by atoms with Gasteiger partial charge in [-0.25, -0.2) is 59.2 Å². The summed E-state index contributed by atoms with van der Waals surface area (Å²) in [6.07, 6.45) is 11.4. The highest BCUT2D eigenvalue weighted by molar-refractivity contribution is 9.10. The SMILES string of the molecule is CN1OC2(CC3(CCC(C(C)(C)C)C3)Oc3ccc(Br)cc32)N=C1N.[C-]#[N+]c1cccc(-c2ccc3c(c2)[C@]2(C[C@@]4(CCC(C(C)(C)C)C4)O3)N=C(N)N(C)O2)c1.[C-]#[N+]c1cccc(-c2ccc3c(c2)[C@]2(C[C@]4(CCC(C(C)(C)C)C4)O3)N=C(N)N(C)O2)c1.[C-]#[N+]c1cccc(B(O)O)c1. The van der Waals surface area contributed by atoms with Crippen molar-refractivity contribution >= 4 is 63.5 Å². The quantitative estimate of drug-likeness (QED) is 0.0819. The number of hydrogen-bond donors (Lipinski definition) is 5. The average molecular weight is 1420 g/mol. The Hall–Kier alpha value is -8.66. The summed E-state index contributed by atoms with van der Waals surface area (Å²) in [5.41, 5.74) is 24.4. The Labute approximate surface area is 597 Å². The van der Waals surface area contributed by atoms with Crippen LogP contribution in [0.3, 0.4) is 0 Å². The maximum absolute atomic E-state index is 8.70. The highest BCUT2D eigenvalue weighted by Crippen LogP contribution is 2.61. The van der Waals surface area contributed by atoms with Gasteiger partial charge in [-0.2, -0.15) is 0 Å². The van der Waals surface area contributed by atoms with Gasteiger partial charge in [-0.15, -0.1) is 0 Å². The third-order valence-electron chi connectivity index (χ3n) is 21.8. The molecule has 6 aromatic carbocycles. The molecule has 0 saturated heterocycles. The third kappa shape index (κ3) is 14.1. The average Bonchev–Trinajstić information content (AvgIpc) is 1.53. The molecule has 0 aromatic heterocycles. The summed E-state index contributed by atoms with van der Waals surface area (Å²) in [4.78, 5) is 43.6. The summed E-state index contributed by atoms with van der Waals surface area (Å²) in [7, 11) is 3.91. The molecule has 9 aliphatic rings. The van der Waals surface area contributed by atoms with Crippen LogP contribution in [0.1, 0.15) is 156 Å². The van der Waals surface area contributed by atoms with E-state index in [0.29, 0.717) is 77.4 Å². The second-order valence-corrected chi connectivity index (χ2v) is 32.7. The summed E-state index contributed by atoms with van der Waals surface area (Å²) in [5.74, 6) is 5.42. The van der Waals surface area contributed by atoms with Gasteiger partial charge >= 0.3 is 7.12 Å². The van der Waals surface area contributed by atoms with Gasteiger partial charge in [0.25, 0.3) is 0 Å². The zero-order chi connectivity index (χ0) is 71.8. The number of hydroxylamine groups is 6. The lowest BCUT2D eigenvalue weighted by atomic mass is 9.77. The number of ether oxygens (including phenoxy) is 3. The Bertz CT molecular complexity index is 4190. The Morgan fingerprint density at radius 3 is 1.09 bits per heavy atom. The molecular weight excluding hydrogens is 1320 g/mol. The minimum atomic E-state index is -1.49. The standard InChI is InChI=1S/2C26H30N4O2.C19H26BrN3O2.C7H6BNO2/c2*1-24(2,3)19-11-12-25(15-19)16-26(29-23(27)30(5)32-26)21-14-18(9-10-22(21)31-25)17-7-6-8-20(13-17)28-4;1-17(2,3)12-7-8-18(10-12)11-19(22-16(21)23(4)25-19)14-9-13(20)5-6-15(14)24-18;1-9-7-4-2-3-6(5-7)8(10)11/h2*6-10,13-14,19H,11-12,15-16H2,1-3,5H3,(H2,27,29);5-6,9,12H,7-8,10-11H2,1-4H3,(H2,21,22);2-5,10-11H/t19?,25-,26+;19?,25-,26-;;/m01../s1. The van der Waals surface area contributed by atoms with Crippen LogP contribution in [0.2, 0.25) is 0 Å². The minimum Gasteiger partial charge on any atom is -0.487 e. The molecule has 6 heterocycles. The molecule has 9 atom stereocenters. The van der Waals surface area contributed by atoms with Crippen molar-refractivity contribution in [2.45, 2.75) is 173 Å². The lowest BCUT2D eigenvalue weighted by molar-refractivity contribution is -0.204. The largest absolute Gasteiger partial charge is 0.487 e. The fourth-order valence-electron chi connectivity index (χ4n) is 16.2. The smallest absolute Gasteiger partial charge is 0.487 e. The third-order valence-corrected chi connectivity index (χ3v) is 22.3. The maximum Gasteiger partial charge on any atom is 0.487 e. The Balaban J connectivity index is 0.000000133. The molecular formula is C78H92BBrN12O8. The van der Waals surface area contributed by atoms with Crippen molar-refractivity contribution in [3.63, 3.8) is 0 Å². The number of fused-ring (bicyclic) bond motifs is 6. The van der Waals surface area contributed by atoms with Gasteiger partial charge in [0, 0.05) is 44.9 Å². The van der Waals surface area contributed by atoms with E-state index < -0.39 is 24.3 Å². The molecule has 22 heteroatoms. The van der Waals surface area contributed by atoms with Gasteiger partial charge in [0.2, 0.25) is 35.1 Å². The number of hydrogen-bond acceptors (Lipinski definition) is 17. The molecule has 20 nitrogen and oxygen atoms in total. The van der Waals surface area contributed by atoms with Crippen LogP contribution in [0.5, 0.6) is 17.2 Å². The number of aliphatic imine (C=N–C) groups is 3. The summed E-state index contributed by atoms with van der Waals surface area (Å²) in [5, 5.41) is 22.1. The van der Waals surface area contributed by atoms with Crippen molar-refractivity contribution in [3.8, 4) is 39.5 Å². The number of guanidine groups is 3.